The molecule has 0 aliphatic heterocycles. The van der Waals surface area contributed by atoms with E-state index in [2.05, 4.69) is 5.10 Å². The first-order valence-corrected chi connectivity index (χ1v) is 7.43. The van der Waals surface area contributed by atoms with E-state index in [4.69, 9.17) is 11.6 Å². The van der Waals surface area contributed by atoms with E-state index in [1.54, 1.807) is 11.7 Å². The normalized spacial score (nSPS) is 12.6. The fraction of sp³-hybridized carbons (Fsp3) is 0.133. The quantitative estimate of drug-likeness (QED) is 0.797. The third-order valence-corrected chi connectivity index (χ3v) is 4.52. The number of aryl methyl sites for hydroxylation is 1. The van der Waals surface area contributed by atoms with Gasteiger partial charge in [0, 0.05) is 17.5 Å². The van der Waals surface area contributed by atoms with Crippen LogP contribution in [-0.2, 0) is 7.05 Å². The first-order valence-electron chi connectivity index (χ1n) is 6.17. The van der Waals surface area contributed by atoms with E-state index < -0.39 is 6.10 Å². The van der Waals surface area contributed by atoms with Gasteiger partial charge in [0.1, 0.15) is 17.0 Å². The largest absolute Gasteiger partial charge is 0.383 e. The van der Waals surface area contributed by atoms with Crippen LogP contribution in [0, 0.1) is 0 Å². The summed E-state index contributed by atoms with van der Waals surface area (Å²) in [5.41, 5.74) is 2.32. The molecule has 1 unspecified atom stereocenters. The van der Waals surface area contributed by atoms with Gasteiger partial charge in [-0.2, -0.15) is 5.10 Å². The van der Waals surface area contributed by atoms with E-state index in [0.29, 0.717) is 10.7 Å². The maximum absolute atomic E-state index is 10.6. The first-order chi connectivity index (χ1) is 9.68. The molecular formula is C15H13ClN2OS. The van der Waals surface area contributed by atoms with Gasteiger partial charge in [-0.3, -0.25) is 4.68 Å². The highest BCUT2D eigenvalue weighted by Gasteiger charge is 2.24. The Balaban J connectivity index is 2.15. The molecule has 1 atom stereocenters. The summed E-state index contributed by atoms with van der Waals surface area (Å²) in [4.78, 5) is 0.858. The third-order valence-electron chi connectivity index (χ3n) is 3.14. The molecular weight excluding hydrogens is 292 g/mol. The van der Waals surface area contributed by atoms with Gasteiger partial charge in [-0.1, -0.05) is 48.0 Å². The molecule has 3 rings (SSSR count). The molecule has 102 valence electrons. The summed E-state index contributed by atoms with van der Waals surface area (Å²) in [5.74, 6) is 0. The molecule has 0 saturated carbocycles. The van der Waals surface area contributed by atoms with Gasteiger partial charge < -0.3 is 5.11 Å². The number of rotatable bonds is 3. The van der Waals surface area contributed by atoms with Crippen molar-refractivity contribution in [3.63, 3.8) is 0 Å². The second-order valence-corrected chi connectivity index (χ2v) is 5.80. The second-order valence-electron chi connectivity index (χ2n) is 4.46. The van der Waals surface area contributed by atoms with E-state index in [1.807, 2.05) is 47.8 Å². The lowest BCUT2D eigenvalue weighted by Gasteiger charge is -2.10. The highest BCUT2D eigenvalue weighted by atomic mass is 35.5. The third kappa shape index (κ3) is 2.26. The van der Waals surface area contributed by atoms with Crippen LogP contribution in [-0.4, -0.2) is 14.9 Å². The minimum absolute atomic E-state index is 0.463. The Hall–Kier alpha value is -1.62. The van der Waals surface area contributed by atoms with Crippen LogP contribution in [0.1, 0.15) is 16.5 Å². The van der Waals surface area contributed by atoms with Gasteiger partial charge in [0.25, 0.3) is 0 Å². The summed E-state index contributed by atoms with van der Waals surface area (Å²) in [6.07, 6.45) is -0.758. The molecule has 0 saturated heterocycles. The number of nitrogens with zero attached hydrogens (tertiary/aromatic N) is 2. The molecule has 1 aromatic carbocycles. The predicted octanol–water partition coefficient (Wildman–Crippen LogP) is 3.88. The van der Waals surface area contributed by atoms with Crippen molar-refractivity contribution in [1.82, 2.24) is 9.78 Å². The molecule has 0 radical (unpaired) electrons. The number of hydrogen-bond donors (Lipinski definition) is 1. The van der Waals surface area contributed by atoms with E-state index >= 15 is 0 Å². The predicted molar refractivity (Wildman–Crippen MR) is 82.0 cm³/mol. The average Bonchev–Trinajstić information content (AvgIpc) is 3.09. The lowest BCUT2D eigenvalue weighted by atomic mass is 10.0. The van der Waals surface area contributed by atoms with Crippen LogP contribution in [0.15, 0.2) is 47.8 Å². The summed E-state index contributed by atoms with van der Waals surface area (Å²) in [5, 5.41) is 17.4. The van der Waals surface area contributed by atoms with Crippen LogP contribution in [0.4, 0.5) is 0 Å². The minimum atomic E-state index is -0.758. The van der Waals surface area contributed by atoms with Crippen molar-refractivity contribution in [2.45, 2.75) is 6.10 Å². The summed E-state index contributed by atoms with van der Waals surface area (Å²) in [7, 11) is 1.78. The van der Waals surface area contributed by atoms with Crippen molar-refractivity contribution in [2.24, 2.45) is 7.05 Å². The van der Waals surface area contributed by atoms with Gasteiger partial charge in [0.15, 0.2) is 0 Å². The van der Waals surface area contributed by atoms with Crippen molar-refractivity contribution in [3.05, 3.63) is 63.4 Å². The van der Waals surface area contributed by atoms with Gasteiger partial charge in [-0.25, -0.2) is 0 Å². The monoisotopic (exact) mass is 304 g/mol. The van der Waals surface area contributed by atoms with Crippen LogP contribution in [0.25, 0.3) is 11.3 Å². The number of aliphatic hydroxyl groups excluding tert-OH is 1. The molecule has 2 heterocycles. The minimum Gasteiger partial charge on any atom is -0.383 e. The van der Waals surface area contributed by atoms with Gasteiger partial charge >= 0.3 is 0 Å². The standard InChI is InChI=1S/C15H13ClN2OS/c1-18-15(16)12(14(19)11-8-5-9-20-11)13(17-18)10-6-3-2-4-7-10/h2-9,14,19H,1H3. The molecule has 3 nitrogen and oxygen atoms in total. The Labute approximate surface area is 126 Å². The van der Waals surface area contributed by atoms with Crippen LogP contribution in [0.2, 0.25) is 5.15 Å². The average molecular weight is 305 g/mol. The second kappa shape index (κ2) is 5.40. The number of thiophene rings is 1. The molecule has 20 heavy (non-hydrogen) atoms. The molecule has 0 aliphatic rings. The van der Waals surface area contributed by atoms with E-state index in [0.717, 1.165) is 16.1 Å². The molecule has 1 N–H and O–H groups in total. The topological polar surface area (TPSA) is 38.0 Å². The fourth-order valence-corrected chi connectivity index (χ4v) is 3.11. The first kappa shape index (κ1) is 13.4. The van der Waals surface area contributed by atoms with Crippen molar-refractivity contribution in [1.29, 1.82) is 0 Å². The molecule has 0 fully saturated rings. The van der Waals surface area contributed by atoms with Gasteiger partial charge in [-0.15, -0.1) is 11.3 Å². The Kier molecular flexibility index (Phi) is 3.61. The number of hydrogen-bond acceptors (Lipinski definition) is 3. The van der Waals surface area contributed by atoms with Crippen molar-refractivity contribution < 1.29 is 5.11 Å². The number of benzene rings is 1. The lowest BCUT2D eigenvalue weighted by molar-refractivity contribution is 0.224. The number of aromatic nitrogens is 2. The highest BCUT2D eigenvalue weighted by Crippen LogP contribution is 2.37. The van der Waals surface area contributed by atoms with Crippen LogP contribution < -0.4 is 0 Å². The molecule has 3 aromatic rings. The molecule has 5 heteroatoms. The lowest BCUT2D eigenvalue weighted by Crippen LogP contribution is -1.99. The van der Waals surface area contributed by atoms with Gasteiger partial charge in [-0.05, 0) is 11.4 Å². The maximum atomic E-state index is 10.6. The summed E-state index contributed by atoms with van der Waals surface area (Å²) >= 11 is 7.82. The molecule has 0 amide bonds. The Bertz CT molecular complexity index is 707. The van der Waals surface area contributed by atoms with E-state index in [-0.39, 0.29) is 0 Å². The Morgan fingerprint density at radius 3 is 2.60 bits per heavy atom. The zero-order valence-electron chi connectivity index (χ0n) is 10.8. The van der Waals surface area contributed by atoms with Crippen LogP contribution in [0.3, 0.4) is 0 Å². The summed E-state index contributed by atoms with van der Waals surface area (Å²) < 4.78 is 1.59. The Morgan fingerprint density at radius 1 is 1.20 bits per heavy atom. The van der Waals surface area contributed by atoms with Crippen molar-refractivity contribution >= 4 is 22.9 Å². The number of halogens is 1. The smallest absolute Gasteiger partial charge is 0.133 e. The highest BCUT2D eigenvalue weighted by molar-refractivity contribution is 7.10. The zero-order valence-corrected chi connectivity index (χ0v) is 12.4. The molecule has 0 bridgehead atoms. The van der Waals surface area contributed by atoms with Gasteiger partial charge in [0.05, 0.1) is 5.56 Å². The van der Waals surface area contributed by atoms with Gasteiger partial charge in [0.2, 0.25) is 0 Å². The molecule has 0 aliphatic carbocycles. The number of aliphatic hydroxyl groups is 1. The van der Waals surface area contributed by atoms with Crippen molar-refractivity contribution in [2.75, 3.05) is 0 Å². The Morgan fingerprint density at radius 2 is 1.95 bits per heavy atom. The van der Waals surface area contributed by atoms with Crippen molar-refractivity contribution in [3.8, 4) is 11.3 Å². The van der Waals surface area contributed by atoms with E-state index in [1.165, 1.54) is 11.3 Å². The van der Waals surface area contributed by atoms with Crippen LogP contribution in [0.5, 0.6) is 0 Å². The zero-order chi connectivity index (χ0) is 14.1. The SMILES string of the molecule is Cn1nc(-c2ccccc2)c(C(O)c2cccs2)c1Cl. The summed E-state index contributed by atoms with van der Waals surface area (Å²) in [6, 6.07) is 13.6. The van der Waals surface area contributed by atoms with Crippen LogP contribution >= 0.6 is 22.9 Å². The van der Waals surface area contributed by atoms with E-state index in [9.17, 15) is 5.11 Å². The summed E-state index contributed by atoms with van der Waals surface area (Å²) in [6.45, 7) is 0. The maximum Gasteiger partial charge on any atom is 0.133 e. The fourth-order valence-electron chi connectivity index (χ4n) is 2.16. The molecule has 0 spiro atoms. The molecule has 2 aromatic heterocycles.